The molecule has 2 amide bonds. The van der Waals surface area contributed by atoms with Crippen LogP contribution in [0.1, 0.15) is 45.5 Å². The third-order valence-electron chi connectivity index (χ3n) is 7.46. The number of carbonyl (C=O) groups excluding carboxylic acids is 2. The lowest BCUT2D eigenvalue weighted by Gasteiger charge is -2.25. The van der Waals surface area contributed by atoms with Crippen LogP contribution in [0.2, 0.25) is 0 Å². The van der Waals surface area contributed by atoms with E-state index in [-0.39, 0.29) is 24.7 Å². The highest BCUT2D eigenvalue weighted by molar-refractivity contribution is 5.98. The summed E-state index contributed by atoms with van der Waals surface area (Å²) in [4.78, 5) is 37.9. The van der Waals surface area contributed by atoms with Crippen molar-refractivity contribution in [2.45, 2.75) is 38.5 Å². The van der Waals surface area contributed by atoms with Crippen molar-refractivity contribution in [3.8, 4) is 11.1 Å². The lowest BCUT2D eigenvalue weighted by molar-refractivity contribution is -0.121. The van der Waals surface area contributed by atoms with Gasteiger partial charge in [-0.1, -0.05) is 78.9 Å². The van der Waals surface area contributed by atoms with Gasteiger partial charge in [0.05, 0.1) is 18.3 Å². The topological polar surface area (TPSA) is 114 Å². The van der Waals surface area contributed by atoms with Crippen LogP contribution in [0.4, 0.5) is 10.5 Å². The molecular weight excluding hydrogens is 532 g/mol. The van der Waals surface area contributed by atoms with Gasteiger partial charge in [-0.3, -0.25) is 4.79 Å². The normalized spacial score (nSPS) is 13.4. The Morgan fingerprint density at radius 1 is 0.857 bits per heavy atom. The summed E-state index contributed by atoms with van der Waals surface area (Å²) < 4.78 is 11.7. The molecule has 1 aliphatic carbocycles. The number of carbonyl (C=O) groups is 3. The number of anilines is 1. The van der Waals surface area contributed by atoms with Crippen LogP contribution in [0.15, 0.2) is 97.1 Å². The Bertz CT molecular complexity index is 1560. The number of ether oxygens (including phenoxy) is 2. The Balaban J connectivity index is 1.30. The average molecular weight is 565 g/mol. The lowest BCUT2D eigenvalue weighted by atomic mass is 9.98. The lowest BCUT2D eigenvalue weighted by Crippen LogP contribution is -2.51. The molecule has 3 N–H and O–H groups in total. The Morgan fingerprint density at radius 2 is 1.48 bits per heavy atom. The van der Waals surface area contributed by atoms with Crippen molar-refractivity contribution >= 4 is 23.7 Å². The van der Waals surface area contributed by atoms with Crippen molar-refractivity contribution in [3.63, 3.8) is 0 Å². The summed E-state index contributed by atoms with van der Waals surface area (Å²) in [5, 5.41) is 14.8. The second-order valence-corrected chi connectivity index (χ2v) is 10.3. The zero-order valence-corrected chi connectivity index (χ0v) is 23.4. The van der Waals surface area contributed by atoms with Gasteiger partial charge in [-0.15, -0.1) is 0 Å². The highest BCUT2D eigenvalue weighted by atomic mass is 16.5. The van der Waals surface area contributed by atoms with Gasteiger partial charge in [0.25, 0.3) is 0 Å². The van der Waals surface area contributed by atoms with Crippen LogP contribution >= 0.6 is 0 Å². The van der Waals surface area contributed by atoms with E-state index in [0.717, 1.165) is 27.8 Å². The summed E-state index contributed by atoms with van der Waals surface area (Å²) in [7, 11) is 0. The molecule has 5 rings (SSSR count). The molecule has 0 saturated heterocycles. The maximum absolute atomic E-state index is 13.5. The van der Waals surface area contributed by atoms with Crippen LogP contribution in [0, 0.1) is 6.92 Å². The molecule has 0 heterocycles. The van der Waals surface area contributed by atoms with Crippen LogP contribution in [0.3, 0.4) is 0 Å². The molecule has 8 nitrogen and oxygen atoms in total. The molecule has 42 heavy (non-hydrogen) atoms. The summed E-state index contributed by atoms with van der Waals surface area (Å²) in [6.45, 7) is 3.75. The van der Waals surface area contributed by atoms with Crippen molar-refractivity contribution in [1.29, 1.82) is 0 Å². The predicted octanol–water partition coefficient (Wildman–Crippen LogP) is 6.14. The Labute approximate surface area is 244 Å². The van der Waals surface area contributed by atoms with E-state index in [1.165, 1.54) is 18.2 Å². The Hall–Kier alpha value is -4.95. The minimum Gasteiger partial charge on any atom is -0.478 e. The second kappa shape index (κ2) is 12.7. The molecule has 0 saturated carbocycles. The van der Waals surface area contributed by atoms with Gasteiger partial charge in [0.15, 0.2) is 0 Å². The maximum Gasteiger partial charge on any atom is 0.407 e. The van der Waals surface area contributed by atoms with Crippen LogP contribution < -0.4 is 10.6 Å². The number of benzene rings is 4. The molecule has 0 bridgehead atoms. The zero-order chi connectivity index (χ0) is 29.6. The number of aryl methyl sites for hydroxylation is 1. The van der Waals surface area contributed by atoms with E-state index in [1.54, 1.807) is 13.8 Å². The number of rotatable bonds is 10. The van der Waals surface area contributed by atoms with Crippen LogP contribution in [0.25, 0.3) is 11.1 Å². The van der Waals surface area contributed by atoms with Gasteiger partial charge in [-0.05, 0) is 65.4 Å². The van der Waals surface area contributed by atoms with E-state index < -0.39 is 30.1 Å². The number of aromatic carboxylic acids is 1. The number of amides is 2. The average Bonchev–Trinajstić information content (AvgIpc) is 3.32. The molecule has 0 aliphatic heterocycles. The minimum atomic E-state index is -1.09. The van der Waals surface area contributed by atoms with E-state index in [9.17, 15) is 19.5 Å². The Kier molecular flexibility index (Phi) is 8.64. The van der Waals surface area contributed by atoms with Crippen molar-refractivity contribution in [2.75, 3.05) is 11.9 Å². The molecule has 214 valence electrons. The van der Waals surface area contributed by atoms with Crippen molar-refractivity contribution < 1.29 is 29.0 Å². The fourth-order valence-corrected chi connectivity index (χ4v) is 5.21. The smallest absolute Gasteiger partial charge is 0.407 e. The zero-order valence-electron chi connectivity index (χ0n) is 23.4. The summed E-state index contributed by atoms with van der Waals surface area (Å²) in [6, 6.07) is 28.9. The quantitative estimate of drug-likeness (QED) is 0.213. The molecule has 0 radical (unpaired) electrons. The molecule has 0 spiro atoms. The molecule has 0 fully saturated rings. The van der Waals surface area contributed by atoms with Gasteiger partial charge >= 0.3 is 12.1 Å². The summed E-state index contributed by atoms with van der Waals surface area (Å²) >= 11 is 0. The van der Waals surface area contributed by atoms with E-state index in [1.807, 2.05) is 66.7 Å². The SMILES string of the molecule is Cc1cc(C(=O)O)ccc1NC(=O)C(NC(=O)OCC1c2ccccc2-c2ccccc21)C(C)OCc1ccccc1. The first-order valence-corrected chi connectivity index (χ1v) is 13.7. The van der Waals surface area contributed by atoms with Crippen molar-refractivity contribution in [1.82, 2.24) is 5.32 Å². The largest absolute Gasteiger partial charge is 0.478 e. The molecule has 1 aliphatic rings. The second-order valence-electron chi connectivity index (χ2n) is 10.3. The van der Waals surface area contributed by atoms with E-state index in [0.29, 0.717) is 11.3 Å². The molecular formula is C34H32N2O6. The summed E-state index contributed by atoms with van der Waals surface area (Å²) in [5.74, 6) is -1.71. The third-order valence-corrected chi connectivity index (χ3v) is 7.46. The fourth-order valence-electron chi connectivity index (χ4n) is 5.21. The van der Waals surface area contributed by atoms with Gasteiger partial charge in [0.1, 0.15) is 12.6 Å². The van der Waals surface area contributed by atoms with Gasteiger partial charge in [0, 0.05) is 11.6 Å². The monoisotopic (exact) mass is 564 g/mol. The summed E-state index contributed by atoms with van der Waals surface area (Å²) in [5.41, 5.74) is 6.43. The fraction of sp³-hybridized carbons (Fsp3) is 0.206. The number of fused-ring (bicyclic) bond motifs is 3. The maximum atomic E-state index is 13.5. The minimum absolute atomic E-state index is 0.100. The van der Waals surface area contributed by atoms with Gasteiger partial charge < -0.3 is 25.2 Å². The van der Waals surface area contributed by atoms with E-state index >= 15 is 0 Å². The van der Waals surface area contributed by atoms with Crippen LogP contribution in [0.5, 0.6) is 0 Å². The molecule has 0 aromatic heterocycles. The number of nitrogens with one attached hydrogen (secondary N) is 2. The number of carboxylic acids is 1. The first kappa shape index (κ1) is 28.6. The standard InChI is InChI=1S/C34H32N2O6/c1-21-18-24(33(38)39)16-17-30(21)35-32(37)31(22(2)41-19-23-10-4-3-5-11-23)36-34(40)42-20-29-27-14-8-6-12-25(27)26-13-7-9-15-28(26)29/h3-18,22,29,31H,19-20H2,1-2H3,(H,35,37)(H,36,40)(H,38,39). The molecule has 4 aromatic carbocycles. The first-order valence-electron chi connectivity index (χ1n) is 13.7. The molecule has 2 unspecified atom stereocenters. The van der Waals surface area contributed by atoms with Crippen LogP contribution in [-0.4, -0.2) is 41.8 Å². The van der Waals surface area contributed by atoms with Crippen LogP contribution in [-0.2, 0) is 20.9 Å². The number of alkyl carbamates (subject to hydrolysis) is 1. The molecule has 4 aromatic rings. The Morgan fingerprint density at radius 3 is 2.10 bits per heavy atom. The highest BCUT2D eigenvalue weighted by Gasteiger charge is 2.32. The predicted molar refractivity (Wildman–Crippen MR) is 159 cm³/mol. The highest BCUT2D eigenvalue weighted by Crippen LogP contribution is 2.44. The molecule has 8 heteroatoms. The number of hydrogen-bond donors (Lipinski definition) is 3. The molecule has 2 atom stereocenters. The van der Waals surface area contributed by atoms with E-state index in [4.69, 9.17) is 9.47 Å². The van der Waals surface area contributed by atoms with Gasteiger partial charge in [-0.25, -0.2) is 9.59 Å². The first-order chi connectivity index (χ1) is 20.3. The van der Waals surface area contributed by atoms with Gasteiger partial charge in [0.2, 0.25) is 5.91 Å². The number of hydrogen-bond acceptors (Lipinski definition) is 5. The number of carboxylic acid groups (broad SMARTS) is 1. The van der Waals surface area contributed by atoms with E-state index in [2.05, 4.69) is 22.8 Å². The van der Waals surface area contributed by atoms with Crippen molar-refractivity contribution in [3.05, 3.63) is 125 Å². The summed E-state index contributed by atoms with van der Waals surface area (Å²) in [6.07, 6.45) is -1.46. The third kappa shape index (κ3) is 6.34. The van der Waals surface area contributed by atoms with Crippen molar-refractivity contribution in [2.24, 2.45) is 0 Å². The van der Waals surface area contributed by atoms with Gasteiger partial charge in [-0.2, -0.15) is 0 Å².